The third kappa shape index (κ3) is 4.20. The predicted octanol–water partition coefficient (Wildman–Crippen LogP) is 4.80. The van der Waals surface area contributed by atoms with Gasteiger partial charge in [0.1, 0.15) is 5.00 Å². The van der Waals surface area contributed by atoms with Gasteiger partial charge in [-0.25, -0.2) is 4.79 Å². The molecule has 1 aliphatic carbocycles. The van der Waals surface area contributed by atoms with Crippen LogP contribution in [0.1, 0.15) is 50.9 Å². The minimum atomic E-state index is -0.555. The molecule has 2 amide bonds. The van der Waals surface area contributed by atoms with Crippen LogP contribution >= 0.6 is 22.9 Å². The number of nitrogens with one attached hydrogen (secondary N) is 2. The zero-order valence-corrected chi connectivity index (χ0v) is 17.4. The number of anilines is 2. The molecule has 2 aromatic rings. The van der Waals surface area contributed by atoms with Crippen LogP contribution in [0.25, 0.3) is 0 Å². The fourth-order valence-electron chi connectivity index (χ4n) is 2.75. The van der Waals surface area contributed by atoms with Crippen molar-refractivity contribution in [3.05, 3.63) is 44.8 Å². The molecule has 0 unspecified atom stereocenters. The Morgan fingerprint density at radius 3 is 2.54 bits per heavy atom. The van der Waals surface area contributed by atoms with Gasteiger partial charge in [0.25, 0.3) is 5.91 Å². The molecule has 28 heavy (non-hydrogen) atoms. The van der Waals surface area contributed by atoms with E-state index in [1.54, 1.807) is 32.0 Å². The van der Waals surface area contributed by atoms with E-state index >= 15 is 0 Å². The zero-order chi connectivity index (χ0) is 20.4. The minimum Gasteiger partial charge on any atom is -0.462 e. The molecule has 0 bridgehead atoms. The maximum Gasteiger partial charge on any atom is 0.341 e. The van der Waals surface area contributed by atoms with Gasteiger partial charge in [0.05, 0.1) is 17.0 Å². The number of carbonyl (C=O) groups excluding carboxylic acids is 3. The molecule has 0 saturated heterocycles. The van der Waals surface area contributed by atoms with Gasteiger partial charge in [-0.3, -0.25) is 9.59 Å². The number of rotatable bonds is 6. The summed E-state index contributed by atoms with van der Waals surface area (Å²) in [7, 11) is 0. The van der Waals surface area contributed by atoms with E-state index in [0.29, 0.717) is 26.2 Å². The number of hydrogen-bond acceptors (Lipinski definition) is 5. The fraction of sp³-hybridized carbons (Fsp3) is 0.350. The van der Waals surface area contributed by atoms with Crippen LogP contribution in [0.3, 0.4) is 0 Å². The lowest BCUT2D eigenvalue weighted by Crippen LogP contribution is -2.16. The Balaban J connectivity index is 1.93. The number of thiophene rings is 1. The number of benzene rings is 1. The van der Waals surface area contributed by atoms with Crippen LogP contribution in [0.15, 0.2) is 18.2 Å². The summed E-state index contributed by atoms with van der Waals surface area (Å²) in [4.78, 5) is 37.8. The van der Waals surface area contributed by atoms with Crippen molar-refractivity contribution in [2.45, 2.75) is 33.6 Å². The molecule has 1 heterocycles. The Morgan fingerprint density at radius 2 is 1.89 bits per heavy atom. The van der Waals surface area contributed by atoms with Gasteiger partial charge >= 0.3 is 5.97 Å². The third-order valence-electron chi connectivity index (χ3n) is 4.53. The Kier molecular flexibility index (Phi) is 6.05. The lowest BCUT2D eigenvalue weighted by Gasteiger charge is -2.09. The molecule has 0 aliphatic heterocycles. The highest BCUT2D eigenvalue weighted by molar-refractivity contribution is 7.19. The molecule has 6 nitrogen and oxygen atoms in total. The zero-order valence-electron chi connectivity index (χ0n) is 15.8. The van der Waals surface area contributed by atoms with E-state index in [-0.39, 0.29) is 29.9 Å². The highest BCUT2D eigenvalue weighted by Gasteiger charge is 2.33. The largest absolute Gasteiger partial charge is 0.462 e. The van der Waals surface area contributed by atoms with E-state index in [0.717, 1.165) is 29.7 Å². The van der Waals surface area contributed by atoms with Crippen LogP contribution in [0.4, 0.5) is 10.7 Å². The van der Waals surface area contributed by atoms with E-state index in [1.165, 1.54) is 0 Å². The van der Waals surface area contributed by atoms with Crippen LogP contribution in [-0.4, -0.2) is 24.4 Å². The minimum absolute atomic E-state index is 0.0242. The third-order valence-corrected chi connectivity index (χ3v) is 6.15. The quantitative estimate of drug-likeness (QED) is 0.657. The Hall–Kier alpha value is -2.38. The predicted molar refractivity (Wildman–Crippen MR) is 111 cm³/mol. The van der Waals surface area contributed by atoms with Crippen molar-refractivity contribution in [2.24, 2.45) is 5.92 Å². The molecule has 8 heteroatoms. The van der Waals surface area contributed by atoms with Gasteiger partial charge < -0.3 is 15.4 Å². The maximum atomic E-state index is 12.9. The second-order valence-corrected chi connectivity index (χ2v) is 8.04. The Morgan fingerprint density at radius 1 is 1.18 bits per heavy atom. The van der Waals surface area contributed by atoms with E-state index in [9.17, 15) is 14.4 Å². The smallest absolute Gasteiger partial charge is 0.341 e. The summed E-state index contributed by atoms with van der Waals surface area (Å²) in [5.41, 5.74) is 2.05. The normalized spacial score (nSPS) is 13.1. The number of halogens is 1. The van der Waals surface area contributed by atoms with Gasteiger partial charge in [-0.1, -0.05) is 17.7 Å². The summed E-state index contributed by atoms with van der Waals surface area (Å²) in [5, 5.41) is 6.51. The number of esters is 1. The van der Waals surface area contributed by atoms with Crippen molar-refractivity contribution < 1.29 is 19.1 Å². The average Bonchev–Trinajstić information content (AvgIpc) is 3.44. The van der Waals surface area contributed by atoms with Gasteiger partial charge in [-0.2, -0.15) is 0 Å². The summed E-state index contributed by atoms with van der Waals surface area (Å²) in [5.74, 6) is -1.08. The molecule has 1 aromatic carbocycles. The first-order valence-electron chi connectivity index (χ1n) is 9.01. The Bertz CT molecular complexity index is 950. The summed E-state index contributed by atoms with van der Waals surface area (Å²) < 4.78 is 5.12. The molecular formula is C20H21ClN2O4S. The lowest BCUT2D eigenvalue weighted by molar-refractivity contribution is -0.117. The molecule has 2 N–H and O–H groups in total. The number of ether oxygens (including phenoxy) is 1. The topological polar surface area (TPSA) is 84.5 Å². The summed E-state index contributed by atoms with van der Waals surface area (Å²) in [6.07, 6.45) is 1.68. The van der Waals surface area contributed by atoms with Gasteiger partial charge in [0.15, 0.2) is 0 Å². The highest BCUT2D eigenvalue weighted by Crippen LogP contribution is 2.37. The first kappa shape index (κ1) is 20.4. The van der Waals surface area contributed by atoms with Crippen LogP contribution in [0.5, 0.6) is 0 Å². The molecule has 1 aliphatic rings. The lowest BCUT2D eigenvalue weighted by atomic mass is 10.1. The second kappa shape index (κ2) is 8.32. The molecule has 148 valence electrons. The van der Waals surface area contributed by atoms with Crippen molar-refractivity contribution >= 4 is 51.4 Å². The first-order chi connectivity index (χ1) is 13.3. The first-order valence-corrected chi connectivity index (χ1v) is 10.2. The monoisotopic (exact) mass is 420 g/mol. The molecule has 0 radical (unpaired) electrons. The van der Waals surface area contributed by atoms with E-state index in [1.807, 2.05) is 6.92 Å². The summed E-state index contributed by atoms with van der Waals surface area (Å²) in [6.45, 7) is 5.39. The van der Waals surface area contributed by atoms with Crippen molar-refractivity contribution in [3.63, 3.8) is 0 Å². The standard InChI is InChI=1S/C20H21ClN2O4S/c1-4-27-20(26)15-11(3)16(28-19(15)23-17(24)12-8-9-12)18(25)22-14-7-5-6-13(21)10(14)2/h5-7,12H,4,8-9H2,1-3H3,(H,22,25)(H,23,24). The average molecular weight is 421 g/mol. The second-order valence-electron chi connectivity index (χ2n) is 6.61. The number of amides is 2. The van der Waals surface area contributed by atoms with E-state index in [2.05, 4.69) is 10.6 Å². The number of carbonyl (C=O) groups is 3. The molecule has 3 rings (SSSR count). The fourth-order valence-corrected chi connectivity index (χ4v) is 4.02. The molecule has 1 aromatic heterocycles. The van der Waals surface area contributed by atoms with Crippen molar-refractivity contribution in [2.75, 3.05) is 17.2 Å². The molecular weight excluding hydrogens is 400 g/mol. The maximum absolute atomic E-state index is 12.9. The van der Waals surface area contributed by atoms with Gasteiger partial charge in [-0.15, -0.1) is 11.3 Å². The van der Waals surface area contributed by atoms with Gasteiger partial charge in [0.2, 0.25) is 5.91 Å². The van der Waals surface area contributed by atoms with Crippen molar-refractivity contribution in [3.8, 4) is 0 Å². The highest BCUT2D eigenvalue weighted by atomic mass is 35.5. The Labute approximate surface area is 172 Å². The SMILES string of the molecule is CCOC(=O)c1c(NC(=O)C2CC2)sc(C(=O)Nc2cccc(Cl)c2C)c1C. The van der Waals surface area contributed by atoms with Crippen LogP contribution in [0, 0.1) is 19.8 Å². The summed E-state index contributed by atoms with van der Waals surface area (Å²) in [6, 6.07) is 5.25. The van der Waals surface area contributed by atoms with Crippen LogP contribution in [0.2, 0.25) is 5.02 Å². The van der Waals surface area contributed by atoms with Crippen LogP contribution in [-0.2, 0) is 9.53 Å². The van der Waals surface area contributed by atoms with Crippen LogP contribution < -0.4 is 10.6 Å². The number of hydrogen-bond donors (Lipinski definition) is 2. The van der Waals surface area contributed by atoms with Gasteiger partial charge in [0, 0.05) is 16.6 Å². The molecule has 1 saturated carbocycles. The molecule has 0 spiro atoms. The van der Waals surface area contributed by atoms with Crippen molar-refractivity contribution in [1.82, 2.24) is 0 Å². The molecule has 0 atom stereocenters. The summed E-state index contributed by atoms with van der Waals surface area (Å²) >= 11 is 7.19. The molecule has 1 fully saturated rings. The van der Waals surface area contributed by atoms with Gasteiger partial charge in [-0.05, 0) is 56.9 Å². The van der Waals surface area contributed by atoms with E-state index < -0.39 is 5.97 Å². The van der Waals surface area contributed by atoms with E-state index in [4.69, 9.17) is 16.3 Å². The van der Waals surface area contributed by atoms with Crippen molar-refractivity contribution in [1.29, 1.82) is 0 Å².